The highest BCUT2D eigenvalue weighted by Gasteiger charge is 2.33. The molecule has 1 aromatic heterocycles. The summed E-state index contributed by atoms with van der Waals surface area (Å²) in [6, 6.07) is 4.41. The summed E-state index contributed by atoms with van der Waals surface area (Å²) < 4.78 is 33.9. The van der Waals surface area contributed by atoms with Gasteiger partial charge >= 0.3 is 5.76 Å². The van der Waals surface area contributed by atoms with Crippen LogP contribution >= 0.6 is 0 Å². The number of aryl methyl sites for hydroxylation is 1. The Morgan fingerprint density at radius 2 is 2.11 bits per heavy atom. The lowest BCUT2D eigenvalue weighted by Crippen LogP contribution is -2.45. The van der Waals surface area contributed by atoms with Crippen molar-refractivity contribution < 1.29 is 17.6 Å². The van der Waals surface area contributed by atoms with Gasteiger partial charge in [-0.2, -0.15) is 4.31 Å². The predicted molar refractivity (Wildman–Crippen MR) is 105 cm³/mol. The van der Waals surface area contributed by atoms with Crippen LogP contribution < -0.4 is 11.1 Å². The SMILES string of the molecule is CC(C)CCNC(=O)C1CCCN(S(=O)(=O)c2ccc3c(c2)oc(=O)n3C)C1. The smallest absolute Gasteiger partial charge is 0.408 e. The number of carbonyl (C=O) groups excluding carboxylic acids is 1. The molecular formula is C19H27N3O5S. The summed E-state index contributed by atoms with van der Waals surface area (Å²) in [5, 5.41) is 2.92. The van der Waals surface area contributed by atoms with Gasteiger partial charge in [0.25, 0.3) is 0 Å². The fraction of sp³-hybridized carbons (Fsp3) is 0.579. The van der Waals surface area contributed by atoms with E-state index in [1.54, 1.807) is 13.1 Å². The quantitative estimate of drug-likeness (QED) is 0.782. The van der Waals surface area contributed by atoms with Crippen molar-refractivity contribution >= 4 is 27.0 Å². The second-order valence-corrected chi connectivity index (χ2v) is 9.67. The van der Waals surface area contributed by atoms with E-state index in [1.165, 1.54) is 21.0 Å². The zero-order valence-corrected chi connectivity index (χ0v) is 17.3. The summed E-state index contributed by atoms with van der Waals surface area (Å²) in [5.74, 6) is -0.490. The fourth-order valence-electron chi connectivity index (χ4n) is 3.43. The van der Waals surface area contributed by atoms with Gasteiger partial charge in [0, 0.05) is 32.7 Å². The van der Waals surface area contributed by atoms with Gasteiger partial charge in [0.2, 0.25) is 15.9 Å². The summed E-state index contributed by atoms with van der Waals surface area (Å²) in [5.41, 5.74) is 0.763. The first-order chi connectivity index (χ1) is 13.2. The molecule has 1 fully saturated rings. The van der Waals surface area contributed by atoms with Gasteiger partial charge in [0.1, 0.15) is 0 Å². The number of rotatable bonds is 6. The molecule has 2 aromatic rings. The number of fused-ring (bicyclic) bond motifs is 1. The number of nitrogens with zero attached hydrogens (tertiary/aromatic N) is 2. The average Bonchev–Trinajstić information content (AvgIpc) is 2.95. The highest BCUT2D eigenvalue weighted by atomic mass is 32.2. The molecule has 28 heavy (non-hydrogen) atoms. The monoisotopic (exact) mass is 409 g/mol. The Bertz CT molecular complexity index is 1020. The van der Waals surface area contributed by atoms with Gasteiger partial charge in [-0.15, -0.1) is 0 Å². The van der Waals surface area contributed by atoms with Crippen molar-refractivity contribution in [2.24, 2.45) is 18.9 Å². The summed E-state index contributed by atoms with van der Waals surface area (Å²) in [4.78, 5) is 24.1. The summed E-state index contributed by atoms with van der Waals surface area (Å²) >= 11 is 0. The Labute approximate surface area is 164 Å². The zero-order chi connectivity index (χ0) is 20.5. The van der Waals surface area contributed by atoms with E-state index in [-0.39, 0.29) is 28.8 Å². The van der Waals surface area contributed by atoms with E-state index in [0.717, 1.165) is 6.42 Å². The standard InChI is InChI=1S/C19H27N3O5S/c1-13(2)8-9-20-18(23)14-5-4-10-22(12-14)28(25,26)15-6-7-16-17(11-15)27-19(24)21(16)3/h6-7,11,13-14H,4-5,8-10,12H2,1-3H3,(H,20,23). The molecule has 1 N–H and O–H groups in total. The van der Waals surface area contributed by atoms with Crippen molar-refractivity contribution in [2.75, 3.05) is 19.6 Å². The van der Waals surface area contributed by atoms with Gasteiger partial charge < -0.3 is 9.73 Å². The van der Waals surface area contributed by atoms with Gasteiger partial charge in [0.15, 0.2) is 5.58 Å². The summed E-state index contributed by atoms with van der Waals surface area (Å²) in [6.07, 6.45) is 2.19. The van der Waals surface area contributed by atoms with E-state index in [2.05, 4.69) is 19.2 Å². The molecule has 0 bridgehead atoms. The van der Waals surface area contributed by atoms with E-state index in [9.17, 15) is 18.0 Å². The molecule has 0 radical (unpaired) electrons. The maximum absolute atomic E-state index is 13.1. The molecule has 3 rings (SSSR count). The molecule has 0 spiro atoms. The first-order valence-electron chi connectivity index (χ1n) is 9.57. The molecule has 1 aromatic carbocycles. The largest absolute Gasteiger partial charge is 0.419 e. The first kappa shape index (κ1) is 20.6. The number of piperidine rings is 1. The van der Waals surface area contributed by atoms with Crippen LogP contribution in [0.5, 0.6) is 0 Å². The average molecular weight is 410 g/mol. The number of sulfonamides is 1. The van der Waals surface area contributed by atoms with Crippen LogP contribution in [0.1, 0.15) is 33.1 Å². The fourth-order valence-corrected chi connectivity index (χ4v) is 4.97. The maximum atomic E-state index is 13.1. The van der Waals surface area contributed by atoms with Crippen molar-refractivity contribution in [1.29, 1.82) is 0 Å². The lowest BCUT2D eigenvalue weighted by atomic mass is 9.98. The van der Waals surface area contributed by atoms with Crippen molar-refractivity contribution in [2.45, 2.75) is 38.0 Å². The number of hydrogen-bond acceptors (Lipinski definition) is 5. The Hall–Kier alpha value is -2.13. The van der Waals surface area contributed by atoms with Crippen LogP contribution in [0.3, 0.4) is 0 Å². The van der Waals surface area contributed by atoms with Gasteiger partial charge in [0.05, 0.1) is 16.3 Å². The van der Waals surface area contributed by atoms with Gasteiger partial charge in [-0.25, -0.2) is 13.2 Å². The molecule has 9 heteroatoms. The molecular weight excluding hydrogens is 382 g/mol. The third kappa shape index (κ3) is 4.15. The molecule has 1 amide bonds. The Kier molecular flexibility index (Phi) is 5.95. The Morgan fingerprint density at radius 3 is 2.82 bits per heavy atom. The van der Waals surface area contributed by atoms with E-state index in [4.69, 9.17) is 4.42 Å². The minimum absolute atomic E-state index is 0.0650. The highest BCUT2D eigenvalue weighted by Crippen LogP contribution is 2.26. The first-order valence-corrected chi connectivity index (χ1v) is 11.0. The molecule has 1 saturated heterocycles. The van der Waals surface area contributed by atoms with Crippen LogP contribution in [0.2, 0.25) is 0 Å². The lowest BCUT2D eigenvalue weighted by molar-refractivity contribution is -0.126. The number of amides is 1. The normalized spacial score (nSPS) is 18.6. The topological polar surface area (TPSA) is 102 Å². The number of carbonyl (C=O) groups is 1. The molecule has 154 valence electrons. The number of aromatic nitrogens is 1. The van der Waals surface area contributed by atoms with E-state index in [0.29, 0.717) is 37.4 Å². The third-order valence-corrected chi connectivity index (χ3v) is 7.04. The lowest BCUT2D eigenvalue weighted by Gasteiger charge is -2.31. The third-order valence-electron chi connectivity index (χ3n) is 5.18. The van der Waals surface area contributed by atoms with E-state index >= 15 is 0 Å². The minimum Gasteiger partial charge on any atom is -0.408 e. The van der Waals surface area contributed by atoms with Crippen molar-refractivity contribution in [3.05, 3.63) is 28.7 Å². The van der Waals surface area contributed by atoms with E-state index < -0.39 is 15.8 Å². The number of benzene rings is 1. The van der Waals surface area contributed by atoms with Crippen molar-refractivity contribution in [3.63, 3.8) is 0 Å². The van der Waals surface area contributed by atoms with Crippen molar-refractivity contribution in [1.82, 2.24) is 14.2 Å². The Morgan fingerprint density at radius 1 is 1.36 bits per heavy atom. The number of hydrogen-bond donors (Lipinski definition) is 1. The molecule has 0 saturated carbocycles. The number of nitrogens with one attached hydrogen (secondary N) is 1. The van der Waals surface area contributed by atoms with Crippen LogP contribution in [0.25, 0.3) is 11.1 Å². The molecule has 8 nitrogen and oxygen atoms in total. The van der Waals surface area contributed by atoms with Crippen LogP contribution in [0.4, 0.5) is 0 Å². The predicted octanol–water partition coefficient (Wildman–Crippen LogP) is 1.69. The maximum Gasteiger partial charge on any atom is 0.419 e. The Balaban J connectivity index is 1.76. The number of oxazole rings is 1. The van der Waals surface area contributed by atoms with Gasteiger partial charge in [-0.1, -0.05) is 13.8 Å². The van der Waals surface area contributed by atoms with Crippen LogP contribution in [-0.2, 0) is 21.9 Å². The zero-order valence-electron chi connectivity index (χ0n) is 16.5. The van der Waals surface area contributed by atoms with Gasteiger partial charge in [-0.3, -0.25) is 9.36 Å². The van der Waals surface area contributed by atoms with Crippen molar-refractivity contribution in [3.8, 4) is 0 Å². The second kappa shape index (κ2) is 8.08. The van der Waals surface area contributed by atoms with Crippen LogP contribution in [0, 0.1) is 11.8 Å². The summed E-state index contributed by atoms with van der Waals surface area (Å²) in [6.45, 7) is 5.31. The molecule has 1 atom stereocenters. The molecule has 1 unspecified atom stereocenters. The summed E-state index contributed by atoms with van der Waals surface area (Å²) in [7, 11) is -2.21. The molecule has 1 aliphatic heterocycles. The minimum atomic E-state index is -3.78. The van der Waals surface area contributed by atoms with Gasteiger partial charge in [-0.05, 0) is 37.3 Å². The molecule has 1 aliphatic rings. The second-order valence-electron chi connectivity index (χ2n) is 7.73. The van der Waals surface area contributed by atoms with Crippen LogP contribution in [0.15, 0.2) is 32.3 Å². The highest BCUT2D eigenvalue weighted by molar-refractivity contribution is 7.89. The molecule has 0 aliphatic carbocycles. The molecule has 2 heterocycles. The van der Waals surface area contributed by atoms with E-state index in [1.807, 2.05) is 0 Å². The van der Waals surface area contributed by atoms with Crippen LogP contribution in [-0.4, -0.2) is 42.8 Å².